The van der Waals surface area contributed by atoms with Gasteiger partial charge in [-0.05, 0) is 30.3 Å². The Labute approximate surface area is 145 Å². The van der Waals surface area contributed by atoms with E-state index in [0.29, 0.717) is 16.9 Å². The van der Waals surface area contributed by atoms with E-state index in [1.807, 2.05) is 6.07 Å². The van der Waals surface area contributed by atoms with Gasteiger partial charge in [0.1, 0.15) is 15.3 Å². The number of aliphatic hydroxyl groups excluding tert-OH is 1. The van der Waals surface area contributed by atoms with Gasteiger partial charge in [-0.2, -0.15) is 9.78 Å². The number of hydrogen-bond donors (Lipinski definition) is 3. The lowest BCUT2D eigenvalue weighted by atomic mass is 10.2. The van der Waals surface area contributed by atoms with Gasteiger partial charge in [-0.1, -0.05) is 0 Å². The lowest BCUT2D eigenvalue weighted by molar-refractivity contribution is 0.311. The van der Waals surface area contributed by atoms with Crippen molar-refractivity contribution < 1.29 is 10.2 Å². The van der Waals surface area contributed by atoms with Crippen LogP contribution in [-0.2, 0) is 0 Å². The van der Waals surface area contributed by atoms with Gasteiger partial charge in [-0.3, -0.25) is 4.79 Å². The zero-order valence-corrected chi connectivity index (χ0v) is 13.8. The molecule has 3 aromatic heterocycles. The van der Waals surface area contributed by atoms with E-state index < -0.39 is 0 Å². The second-order valence-corrected chi connectivity index (χ2v) is 6.41. The molecule has 0 unspecified atom stereocenters. The van der Waals surface area contributed by atoms with Crippen molar-refractivity contribution in [1.29, 1.82) is 0 Å². The summed E-state index contributed by atoms with van der Waals surface area (Å²) in [6.07, 6.45) is 3.32. The number of nitrogens with zero attached hydrogens (tertiary/aromatic N) is 3. The Balaban J connectivity index is 1.95. The Morgan fingerprint density at radius 3 is 2.76 bits per heavy atom. The van der Waals surface area contributed by atoms with E-state index in [1.54, 1.807) is 24.5 Å². The number of nitrogens with one attached hydrogen (secondary N) is 1. The van der Waals surface area contributed by atoms with E-state index in [9.17, 15) is 9.90 Å². The number of phenols is 1. The first-order chi connectivity index (χ1) is 12.2. The maximum Gasteiger partial charge on any atom is 0.289 e. The number of anilines is 1. The van der Waals surface area contributed by atoms with Crippen LogP contribution in [0.3, 0.4) is 0 Å². The van der Waals surface area contributed by atoms with Crippen LogP contribution in [0.5, 0.6) is 5.75 Å². The SMILES string of the molecule is O=c1c2sc3nccc(NCCO)c3c2cnn1-c1ccc(O)cc1. The normalized spacial score (nSPS) is 11.2. The minimum atomic E-state index is -0.237. The van der Waals surface area contributed by atoms with Crippen molar-refractivity contribution in [3.63, 3.8) is 0 Å². The molecule has 0 fully saturated rings. The molecule has 3 N–H and O–H groups in total. The number of fused-ring (bicyclic) bond motifs is 3. The molecular weight excluding hydrogens is 340 g/mol. The van der Waals surface area contributed by atoms with Gasteiger partial charge in [0.2, 0.25) is 0 Å². The maximum absolute atomic E-state index is 12.9. The van der Waals surface area contributed by atoms with Crippen LogP contribution in [0.2, 0.25) is 0 Å². The maximum atomic E-state index is 12.9. The number of hydrogen-bond acceptors (Lipinski definition) is 7. The van der Waals surface area contributed by atoms with E-state index in [0.717, 1.165) is 21.3 Å². The summed E-state index contributed by atoms with van der Waals surface area (Å²) in [6.45, 7) is 0.423. The van der Waals surface area contributed by atoms with E-state index in [-0.39, 0.29) is 17.9 Å². The molecule has 25 heavy (non-hydrogen) atoms. The second-order valence-electron chi connectivity index (χ2n) is 5.41. The van der Waals surface area contributed by atoms with Gasteiger partial charge in [0, 0.05) is 29.2 Å². The minimum Gasteiger partial charge on any atom is -0.508 e. The van der Waals surface area contributed by atoms with Crippen LogP contribution in [0.25, 0.3) is 26.0 Å². The largest absolute Gasteiger partial charge is 0.508 e. The third-order valence-electron chi connectivity index (χ3n) is 3.84. The highest BCUT2D eigenvalue weighted by Crippen LogP contribution is 2.34. The molecule has 4 rings (SSSR count). The predicted molar refractivity (Wildman–Crippen MR) is 97.8 cm³/mol. The summed E-state index contributed by atoms with van der Waals surface area (Å²) in [5, 5.41) is 27.4. The molecule has 0 atom stereocenters. The zero-order chi connectivity index (χ0) is 17.4. The number of aromatic nitrogens is 3. The quantitative estimate of drug-likeness (QED) is 0.519. The van der Waals surface area contributed by atoms with E-state index in [4.69, 9.17) is 5.11 Å². The van der Waals surface area contributed by atoms with E-state index in [2.05, 4.69) is 15.4 Å². The molecule has 0 aliphatic heterocycles. The first-order valence-corrected chi connectivity index (χ1v) is 8.44. The summed E-state index contributed by atoms with van der Waals surface area (Å²) in [4.78, 5) is 18.0. The third-order valence-corrected chi connectivity index (χ3v) is 4.94. The molecule has 8 heteroatoms. The summed E-state index contributed by atoms with van der Waals surface area (Å²) >= 11 is 1.31. The lowest BCUT2D eigenvalue weighted by Crippen LogP contribution is -2.19. The summed E-state index contributed by atoms with van der Waals surface area (Å²) in [5.74, 6) is 0.128. The van der Waals surface area contributed by atoms with Crippen LogP contribution >= 0.6 is 11.3 Å². The first kappa shape index (κ1) is 15.6. The fraction of sp³-hybridized carbons (Fsp3) is 0.118. The lowest BCUT2D eigenvalue weighted by Gasteiger charge is -2.06. The average molecular weight is 354 g/mol. The Morgan fingerprint density at radius 1 is 1.20 bits per heavy atom. The van der Waals surface area contributed by atoms with Gasteiger partial charge in [0.25, 0.3) is 5.56 Å². The Morgan fingerprint density at radius 2 is 2.00 bits per heavy atom. The molecule has 0 spiro atoms. The van der Waals surface area contributed by atoms with Gasteiger partial charge in [0.15, 0.2) is 0 Å². The monoisotopic (exact) mass is 354 g/mol. The number of benzene rings is 1. The van der Waals surface area contributed by atoms with Crippen molar-refractivity contribution >= 4 is 37.3 Å². The first-order valence-electron chi connectivity index (χ1n) is 7.63. The highest BCUT2D eigenvalue weighted by molar-refractivity contribution is 7.25. The second kappa shape index (κ2) is 6.15. The molecule has 0 saturated heterocycles. The highest BCUT2D eigenvalue weighted by Gasteiger charge is 2.15. The fourth-order valence-electron chi connectivity index (χ4n) is 2.71. The molecule has 0 bridgehead atoms. The molecule has 0 radical (unpaired) electrons. The van der Waals surface area contributed by atoms with Crippen LogP contribution in [0.15, 0.2) is 47.5 Å². The standard InChI is InChI=1S/C17H14N4O3S/c22-8-7-18-13-5-6-19-16-14(13)12-9-20-21(17(24)15(12)25-16)10-1-3-11(23)4-2-10/h1-6,9,22-23H,7-8H2,(H,18,19). The van der Waals surface area contributed by atoms with Gasteiger partial charge in [0.05, 0.1) is 18.5 Å². The molecule has 7 nitrogen and oxygen atoms in total. The van der Waals surface area contributed by atoms with Gasteiger partial charge in [-0.25, -0.2) is 4.98 Å². The van der Waals surface area contributed by atoms with Gasteiger partial charge < -0.3 is 15.5 Å². The van der Waals surface area contributed by atoms with Crippen LogP contribution in [-0.4, -0.2) is 38.1 Å². The predicted octanol–water partition coefficient (Wildman–Crippen LogP) is 2.11. The molecule has 0 saturated carbocycles. The number of thiophene rings is 1. The average Bonchev–Trinajstić information content (AvgIpc) is 3.01. The van der Waals surface area contributed by atoms with Crippen molar-refractivity contribution in [3.05, 3.63) is 53.1 Å². The topological polar surface area (TPSA) is 100 Å². The molecule has 126 valence electrons. The van der Waals surface area contributed by atoms with Crippen molar-refractivity contribution in [1.82, 2.24) is 14.8 Å². The molecule has 3 heterocycles. The van der Waals surface area contributed by atoms with Gasteiger partial charge in [-0.15, -0.1) is 11.3 Å². The minimum absolute atomic E-state index is 0.0117. The van der Waals surface area contributed by atoms with Crippen LogP contribution in [0, 0.1) is 0 Å². The summed E-state index contributed by atoms with van der Waals surface area (Å²) in [7, 11) is 0. The number of phenolic OH excluding ortho intramolecular Hbond substituents is 1. The highest BCUT2D eigenvalue weighted by atomic mass is 32.1. The Bertz CT molecular complexity index is 1120. The van der Waals surface area contributed by atoms with Crippen molar-refractivity contribution in [2.45, 2.75) is 0 Å². The smallest absolute Gasteiger partial charge is 0.289 e. The Hall–Kier alpha value is -2.97. The molecule has 1 aromatic carbocycles. The van der Waals surface area contributed by atoms with Crippen LogP contribution in [0.1, 0.15) is 0 Å². The van der Waals surface area contributed by atoms with Gasteiger partial charge >= 0.3 is 0 Å². The fourth-order valence-corrected chi connectivity index (χ4v) is 3.77. The molecule has 0 aliphatic rings. The number of aromatic hydroxyl groups is 1. The summed E-state index contributed by atoms with van der Waals surface area (Å²) in [5.41, 5.74) is 1.15. The number of pyridine rings is 1. The summed E-state index contributed by atoms with van der Waals surface area (Å²) < 4.78 is 1.86. The number of aliphatic hydroxyl groups is 1. The summed E-state index contributed by atoms with van der Waals surface area (Å²) in [6, 6.07) is 8.11. The van der Waals surface area contributed by atoms with E-state index in [1.165, 1.54) is 28.2 Å². The Kier molecular flexibility index (Phi) is 3.83. The van der Waals surface area contributed by atoms with E-state index >= 15 is 0 Å². The third kappa shape index (κ3) is 2.61. The van der Waals surface area contributed by atoms with Crippen molar-refractivity contribution in [2.75, 3.05) is 18.5 Å². The molecule has 4 aromatic rings. The molecular formula is C17H14N4O3S. The zero-order valence-electron chi connectivity index (χ0n) is 13.0. The van der Waals surface area contributed by atoms with Crippen molar-refractivity contribution in [2.24, 2.45) is 0 Å². The van der Waals surface area contributed by atoms with Crippen LogP contribution in [0.4, 0.5) is 5.69 Å². The van der Waals surface area contributed by atoms with Crippen LogP contribution < -0.4 is 10.9 Å². The van der Waals surface area contributed by atoms with Crippen molar-refractivity contribution in [3.8, 4) is 11.4 Å². The molecule has 0 aliphatic carbocycles. The molecule has 0 amide bonds. The number of rotatable bonds is 4.